The quantitative estimate of drug-likeness (QED) is 0.774. The second-order valence-corrected chi connectivity index (χ2v) is 4.14. The molecule has 1 fully saturated rings. The molecule has 3 nitrogen and oxygen atoms in total. The number of hydrogen-bond donors (Lipinski definition) is 2. The SMILES string of the molecule is CC#CCc1ccccc1.NC(=O)[C@@H]1CCCN1. The van der Waals surface area contributed by atoms with E-state index in [2.05, 4.69) is 29.3 Å². The molecule has 2 rings (SSSR count). The van der Waals surface area contributed by atoms with Gasteiger partial charge in [0.1, 0.15) is 0 Å². The maximum atomic E-state index is 10.4. The third-order valence-electron chi connectivity index (χ3n) is 2.72. The fourth-order valence-corrected chi connectivity index (χ4v) is 1.71. The Bertz CT molecular complexity index is 411. The molecule has 0 aliphatic carbocycles. The van der Waals surface area contributed by atoms with Crippen LogP contribution in [-0.4, -0.2) is 18.5 Å². The summed E-state index contributed by atoms with van der Waals surface area (Å²) in [6.45, 7) is 2.80. The molecule has 0 spiro atoms. The van der Waals surface area contributed by atoms with Crippen LogP contribution in [0.4, 0.5) is 0 Å². The minimum atomic E-state index is -0.220. The molecule has 1 atom stereocenters. The molecule has 18 heavy (non-hydrogen) atoms. The van der Waals surface area contributed by atoms with Crippen molar-refractivity contribution in [3.63, 3.8) is 0 Å². The molecular formula is C15H20N2O. The summed E-state index contributed by atoms with van der Waals surface area (Å²) in [5, 5.41) is 2.98. The lowest BCUT2D eigenvalue weighted by Crippen LogP contribution is -2.36. The first-order valence-corrected chi connectivity index (χ1v) is 6.20. The Morgan fingerprint density at radius 1 is 1.44 bits per heavy atom. The highest BCUT2D eigenvalue weighted by Gasteiger charge is 2.18. The lowest BCUT2D eigenvalue weighted by Gasteiger charge is -2.01. The van der Waals surface area contributed by atoms with Crippen LogP contribution >= 0.6 is 0 Å². The van der Waals surface area contributed by atoms with Gasteiger partial charge in [0.15, 0.2) is 0 Å². The first kappa shape index (κ1) is 14.3. The number of nitrogens with two attached hydrogens (primary N) is 1. The van der Waals surface area contributed by atoms with Gasteiger partial charge in [0.05, 0.1) is 6.04 Å². The molecule has 0 unspecified atom stereocenters. The maximum Gasteiger partial charge on any atom is 0.234 e. The molecule has 1 aromatic carbocycles. The Hall–Kier alpha value is -1.79. The monoisotopic (exact) mass is 244 g/mol. The van der Waals surface area contributed by atoms with Gasteiger partial charge >= 0.3 is 0 Å². The van der Waals surface area contributed by atoms with Gasteiger partial charge in [0.2, 0.25) is 5.91 Å². The summed E-state index contributed by atoms with van der Waals surface area (Å²) in [5.41, 5.74) is 6.29. The van der Waals surface area contributed by atoms with E-state index < -0.39 is 0 Å². The van der Waals surface area contributed by atoms with Gasteiger partial charge in [-0.1, -0.05) is 36.3 Å². The van der Waals surface area contributed by atoms with Crippen LogP contribution in [0.1, 0.15) is 25.3 Å². The van der Waals surface area contributed by atoms with Crippen molar-refractivity contribution in [2.45, 2.75) is 32.2 Å². The number of primary amides is 1. The van der Waals surface area contributed by atoms with Gasteiger partial charge in [-0.25, -0.2) is 0 Å². The molecule has 0 bridgehead atoms. The van der Waals surface area contributed by atoms with Gasteiger partial charge < -0.3 is 11.1 Å². The number of hydrogen-bond acceptors (Lipinski definition) is 2. The summed E-state index contributed by atoms with van der Waals surface area (Å²) in [4.78, 5) is 10.4. The Labute approximate surface area is 109 Å². The zero-order chi connectivity index (χ0) is 13.2. The van der Waals surface area contributed by atoms with Crippen LogP contribution in [0.3, 0.4) is 0 Å². The van der Waals surface area contributed by atoms with Crippen molar-refractivity contribution >= 4 is 5.91 Å². The number of amides is 1. The third-order valence-corrected chi connectivity index (χ3v) is 2.72. The second-order valence-electron chi connectivity index (χ2n) is 4.14. The lowest BCUT2D eigenvalue weighted by molar-refractivity contribution is -0.119. The van der Waals surface area contributed by atoms with Gasteiger partial charge in [-0.3, -0.25) is 4.79 Å². The van der Waals surface area contributed by atoms with Crippen molar-refractivity contribution in [3.05, 3.63) is 35.9 Å². The topological polar surface area (TPSA) is 55.1 Å². The van der Waals surface area contributed by atoms with Crippen molar-refractivity contribution in [1.82, 2.24) is 5.32 Å². The van der Waals surface area contributed by atoms with Crippen LogP contribution in [0.15, 0.2) is 30.3 Å². The van der Waals surface area contributed by atoms with E-state index in [4.69, 9.17) is 5.73 Å². The first-order valence-electron chi connectivity index (χ1n) is 6.20. The van der Waals surface area contributed by atoms with Gasteiger partial charge in [-0.15, -0.1) is 5.92 Å². The van der Waals surface area contributed by atoms with Crippen LogP contribution in [0, 0.1) is 11.8 Å². The van der Waals surface area contributed by atoms with E-state index in [0.29, 0.717) is 0 Å². The molecule has 3 heteroatoms. The highest BCUT2D eigenvalue weighted by Crippen LogP contribution is 2.02. The van der Waals surface area contributed by atoms with Gasteiger partial charge in [-0.2, -0.15) is 0 Å². The fourth-order valence-electron chi connectivity index (χ4n) is 1.71. The standard InChI is InChI=1S/C10H10.C5H10N2O/c1-2-3-7-10-8-5-4-6-9-10;6-5(8)4-2-1-3-7-4/h4-6,8-9H,7H2,1H3;4,7H,1-3H2,(H2,6,8)/t;4-/m.0/s1. The van der Waals surface area contributed by atoms with Crippen LogP contribution in [0.2, 0.25) is 0 Å². The predicted molar refractivity (Wildman–Crippen MR) is 73.8 cm³/mol. The van der Waals surface area contributed by atoms with E-state index >= 15 is 0 Å². The molecule has 0 radical (unpaired) electrons. The van der Waals surface area contributed by atoms with E-state index in [9.17, 15) is 4.79 Å². The number of benzene rings is 1. The van der Waals surface area contributed by atoms with Gasteiger partial charge in [0, 0.05) is 6.42 Å². The van der Waals surface area contributed by atoms with Crippen LogP contribution in [0.25, 0.3) is 0 Å². The number of rotatable bonds is 2. The lowest BCUT2D eigenvalue weighted by atomic mass is 10.2. The smallest absolute Gasteiger partial charge is 0.234 e. The average Bonchev–Trinajstić information content (AvgIpc) is 2.92. The van der Waals surface area contributed by atoms with Crippen LogP contribution < -0.4 is 11.1 Å². The summed E-state index contributed by atoms with van der Waals surface area (Å²) < 4.78 is 0. The van der Waals surface area contributed by atoms with Crippen molar-refractivity contribution in [2.24, 2.45) is 5.73 Å². The van der Waals surface area contributed by atoms with E-state index in [1.165, 1.54) is 5.56 Å². The Morgan fingerprint density at radius 3 is 2.61 bits per heavy atom. The molecule has 1 amide bonds. The molecule has 1 heterocycles. The minimum Gasteiger partial charge on any atom is -0.368 e. The van der Waals surface area contributed by atoms with E-state index in [0.717, 1.165) is 25.8 Å². The molecule has 3 N–H and O–H groups in total. The highest BCUT2D eigenvalue weighted by atomic mass is 16.1. The largest absolute Gasteiger partial charge is 0.368 e. The molecule has 1 aliphatic heterocycles. The number of carbonyl (C=O) groups excluding carboxylic acids is 1. The van der Waals surface area contributed by atoms with Gasteiger partial charge in [-0.05, 0) is 31.9 Å². The first-order chi connectivity index (χ1) is 8.74. The van der Waals surface area contributed by atoms with Crippen molar-refractivity contribution in [2.75, 3.05) is 6.54 Å². The zero-order valence-electron chi connectivity index (χ0n) is 10.8. The van der Waals surface area contributed by atoms with Crippen LogP contribution in [-0.2, 0) is 11.2 Å². The van der Waals surface area contributed by atoms with Crippen molar-refractivity contribution in [1.29, 1.82) is 0 Å². The van der Waals surface area contributed by atoms with Crippen LogP contribution in [0.5, 0.6) is 0 Å². The van der Waals surface area contributed by atoms with E-state index in [1.807, 2.05) is 25.1 Å². The van der Waals surface area contributed by atoms with Gasteiger partial charge in [0.25, 0.3) is 0 Å². The molecular weight excluding hydrogens is 224 g/mol. The average molecular weight is 244 g/mol. The molecule has 1 aliphatic rings. The molecule has 1 saturated heterocycles. The predicted octanol–water partition coefficient (Wildman–Crippen LogP) is 1.48. The maximum absolute atomic E-state index is 10.4. The molecule has 1 aromatic rings. The summed E-state index contributed by atoms with van der Waals surface area (Å²) in [6, 6.07) is 10.2. The highest BCUT2D eigenvalue weighted by molar-refractivity contribution is 5.80. The molecule has 0 aromatic heterocycles. The van der Waals surface area contributed by atoms with Crippen molar-refractivity contribution < 1.29 is 4.79 Å². The van der Waals surface area contributed by atoms with E-state index in [1.54, 1.807) is 0 Å². The Morgan fingerprint density at radius 2 is 2.17 bits per heavy atom. The normalized spacial score (nSPS) is 17.1. The zero-order valence-corrected chi connectivity index (χ0v) is 10.8. The summed E-state index contributed by atoms with van der Waals surface area (Å²) in [5.74, 6) is 5.66. The van der Waals surface area contributed by atoms with Crippen molar-refractivity contribution in [3.8, 4) is 11.8 Å². The summed E-state index contributed by atoms with van der Waals surface area (Å²) in [7, 11) is 0. The van der Waals surface area contributed by atoms with E-state index in [-0.39, 0.29) is 11.9 Å². The fraction of sp³-hybridized carbons (Fsp3) is 0.400. The third kappa shape index (κ3) is 5.51. The number of carbonyl (C=O) groups is 1. The Balaban J connectivity index is 0.000000184. The minimum absolute atomic E-state index is 0.0463. The Kier molecular flexibility index (Phi) is 6.60. The molecule has 0 saturated carbocycles. The summed E-state index contributed by atoms with van der Waals surface area (Å²) >= 11 is 0. The summed E-state index contributed by atoms with van der Waals surface area (Å²) in [6.07, 6.45) is 2.86. The molecule has 96 valence electrons. The second kappa shape index (κ2) is 8.32. The number of nitrogens with one attached hydrogen (secondary N) is 1.